The SMILES string of the molecule is O=P(O)(O)OCCCS(=O)(=O)CC1CCCC1. The van der Waals surface area contributed by atoms with Crippen LogP contribution in [0.1, 0.15) is 32.1 Å². The Labute approximate surface area is 102 Å². The summed E-state index contributed by atoms with van der Waals surface area (Å²) >= 11 is 0. The fraction of sp³-hybridized carbons (Fsp3) is 1.00. The van der Waals surface area contributed by atoms with Crippen LogP contribution >= 0.6 is 7.82 Å². The van der Waals surface area contributed by atoms with Crippen molar-refractivity contribution in [3.05, 3.63) is 0 Å². The van der Waals surface area contributed by atoms with Crippen LogP contribution in [0.3, 0.4) is 0 Å². The van der Waals surface area contributed by atoms with Crippen LogP contribution in [0.25, 0.3) is 0 Å². The smallest absolute Gasteiger partial charge is 0.303 e. The van der Waals surface area contributed by atoms with E-state index in [0.29, 0.717) is 0 Å². The highest BCUT2D eigenvalue weighted by Crippen LogP contribution is 2.35. The Balaban J connectivity index is 2.22. The van der Waals surface area contributed by atoms with Gasteiger partial charge in [0.1, 0.15) is 0 Å². The summed E-state index contributed by atoms with van der Waals surface area (Å²) in [5, 5.41) is 0. The Morgan fingerprint density at radius 3 is 2.35 bits per heavy atom. The molecule has 1 rings (SSSR count). The zero-order valence-corrected chi connectivity index (χ0v) is 11.3. The van der Waals surface area contributed by atoms with E-state index in [2.05, 4.69) is 4.52 Å². The summed E-state index contributed by atoms with van der Waals surface area (Å²) in [5.41, 5.74) is 0. The molecular weight excluding hydrogens is 267 g/mol. The van der Waals surface area contributed by atoms with E-state index in [0.717, 1.165) is 25.7 Å². The van der Waals surface area contributed by atoms with Gasteiger partial charge in [-0.1, -0.05) is 12.8 Å². The molecule has 0 radical (unpaired) electrons. The van der Waals surface area contributed by atoms with Crippen LogP contribution in [0.5, 0.6) is 0 Å². The summed E-state index contributed by atoms with van der Waals surface area (Å²) in [6.07, 6.45) is 4.26. The lowest BCUT2D eigenvalue weighted by Gasteiger charge is -2.10. The lowest BCUT2D eigenvalue weighted by atomic mass is 10.1. The van der Waals surface area contributed by atoms with Crippen molar-refractivity contribution in [3.8, 4) is 0 Å². The molecule has 0 bridgehead atoms. The van der Waals surface area contributed by atoms with Gasteiger partial charge >= 0.3 is 7.82 Å². The molecule has 0 spiro atoms. The van der Waals surface area contributed by atoms with Gasteiger partial charge in [-0.15, -0.1) is 0 Å². The van der Waals surface area contributed by atoms with E-state index in [1.54, 1.807) is 0 Å². The normalized spacial score (nSPS) is 18.7. The van der Waals surface area contributed by atoms with Crippen molar-refractivity contribution in [2.45, 2.75) is 32.1 Å². The summed E-state index contributed by atoms with van der Waals surface area (Å²) in [6, 6.07) is 0. The minimum atomic E-state index is -4.47. The summed E-state index contributed by atoms with van der Waals surface area (Å²) in [4.78, 5) is 16.8. The first-order valence-corrected chi connectivity index (χ1v) is 9.04. The standard InChI is InChI=1S/C9H19O6PS/c10-16(11,12)15-6-3-7-17(13,14)8-9-4-1-2-5-9/h9H,1-8H2,(H2,10,11,12). The van der Waals surface area contributed by atoms with E-state index in [1.165, 1.54) is 0 Å². The molecule has 102 valence electrons. The second-order valence-electron chi connectivity index (χ2n) is 4.44. The molecular formula is C9H19O6PS. The van der Waals surface area contributed by atoms with Crippen molar-refractivity contribution < 1.29 is 27.3 Å². The number of rotatable bonds is 7. The molecule has 1 saturated carbocycles. The molecule has 8 heteroatoms. The van der Waals surface area contributed by atoms with Crippen LogP contribution in [0.15, 0.2) is 0 Å². The molecule has 2 N–H and O–H groups in total. The van der Waals surface area contributed by atoms with Gasteiger partial charge in [0.2, 0.25) is 0 Å². The summed E-state index contributed by atoms with van der Waals surface area (Å²) in [5.74, 6) is 0.398. The first-order valence-electron chi connectivity index (χ1n) is 5.69. The van der Waals surface area contributed by atoms with Gasteiger partial charge in [0.15, 0.2) is 9.84 Å². The summed E-state index contributed by atoms with van der Waals surface area (Å²) < 4.78 is 37.9. The Kier molecular flexibility index (Phi) is 5.60. The van der Waals surface area contributed by atoms with Crippen LogP contribution in [0.2, 0.25) is 0 Å². The maximum absolute atomic E-state index is 11.7. The molecule has 0 aromatic heterocycles. The Morgan fingerprint density at radius 1 is 1.24 bits per heavy atom. The largest absolute Gasteiger partial charge is 0.469 e. The van der Waals surface area contributed by atoms with E-state index in [9.17, 15) is 13.0 Å². The molecule has 6 nitrogen and oxygen atoms in total. The van der Waals surface area contributed by atoms with Crippen LogP contribution < -0.4 is 0 Å². The Hall–Kier alpha value is 0.0600. The van der Waals surface area contributed by atoms with Gasteiger partial charge in [-0.2, -0.15) is 0 Å². The molecule has 1 fully saturated rings. The van der Waals surface area contributed by atoms with E-state index < -0.39 is 17.7 Å². The number of sulfone groups is 1. The Bertz CT molecular complexity index is 367. The van der Waals surface area contributed by atoms with Crippen molar-refractivity contribution in [1.29, 1.82) is 0 Å². The topological polar surface area (TPSA) is 101 Å². The van der Waals surface area contributed by atoms with Gasteiger partial charge in [0, 0.05) is 0 Å². The summed E-state index contributed by atoms with van der Waals surface area (Å²) in [6.45, 7) is -0.228. The molecule has 17 heavy (non-hydrogen) atoms. The first kappa shape index (κ1) is 15.1. The highest BCUT2D eigenvalue weighted by molar-refractivity contribution is 7.91. The molecule has 1 aliphatic carbocycles. The molecule has 0 aromatic carbocycles. The predicted molar refractivity (Wildman–Crippen MR) is 63.2 cm³/mol. The lowest BCUT2D eigenvalue weighted by Crippen LogP contribution is -2.18. The average Bonchev–Trinajstić information content (AvgIpc) is 2.63. The quantitative estimate of drug-likeness (QED) is 0.536. The third-order valence-corrected chi connectivity index (χ3v) is 5.23. The number of hydrogen-bond donors (Lipinski definition) is 2. The number of phosphoric ester groups is 1. The minimum absolute atomic E-state index is 0.0660. The van der Waals surface area contributed by atoms with E-state index in [1.807, 2.05) is 0 Å². The fourth-order valence-electron chi connectivity index (χ4n) is 2.08. The molecule has 0 saturated heterocycles. The van der Waals surface area contributed by atoms with Crippen molar-refractivity contribution in [2.24, 2.45) is 5.92 Å². The van der Waals surface area contributed by atoms with Crippen LogP contribution in [0.4, 0.5) is 0 Å². The molecule has 0 aromatic rings. The van der Waals surface area contributed by atoms with Gasteiger partial charge in [0.25, 0.3) is 0 Å². The number of phosphoric acid groups is 1. The van der Waals surface area contributed by atoms with Gasteiger partial charge in [-0.25, -0.2) is 13.0 Å². The highest BCUT2D eigenvalue weighted by Gasteiger charge is 2.22. The van der Waals surface area contributed by atoms with Gasteiger partial charge in [-0.05, 0) is 25.2 Å². The van der Waals surface area contributed by atoms with E-state index in [4.69, 9.17) is 9.79 Å². The van der Waals surface area contributed by atoms with Crippen LogP contribution in [-0.4, -0.2) is 36.3 Å². The van der Waals surface area contributed by atoms with Gasteiger partial charge < -0.3 is 9.79 Å². The van der Waals surface area contributed by atoms with E-state index in [-0.39, 0.29) is 30.5 Å². The first-order chi connectivity index (χ1) is 7.79. The van der Waals surface area contributed by atoms with E-state index >= 15 is 0 Å². The zero-order chi connectivity index (χ0) is 12.9. The van der Waals surface area contributed by atoms with Gasteiger partial charge in [0.05, 0.1) is 18.1 Å². The molecule has 1 aliphatic rings. The van der Waals surface area contributed by atoms with Gasteiger partial charge in [-0.3, -0.25) is 4.52 Å². The highest BCUT2D eigenvalue weighted by atomic mass is 32.2. The van der Waals surface area contributed by atoms with Crippen molar-refractivity contribution in [3.63, 3.8) is 0 Å². The molecule has 0 aliphatic heterocycles. The molecule has 0 amide bonds. The van der Waals surface area contributed by atoms with Crippen molar-refractivity contribution in [2.75, 3.05) is 18.1 Å². The maximum Gasteiger partial charge on any atom is 0.469 e. The van der Waals surface area contributed by atoms with Crippen molar-refractivity contribution >= 4 is 17.7 Å². The fourth-order valence-corrected chi connectivity index (χ4v) is 4.22. The maximum atomic E-state index is 11.7. The zero-order valence-electron chi connectivity index (χ0n) is 9.62. The molecule has 0 heterocycles. The second kappa shape index (κ2) is 6.29. The molecule has 0 unspecified atom stereocenters. The predicted octanol–water partition coefficient (Wildman–Crippen LogP) is 1.09. The van der Waals surface area contributed by atoms with Crippen LogP contribution in [0, 0.1) is 5.92 Å². The number of hydrogen-bond acceptors (Lipinski definition) is 4. The molecule has 0 atom stereocenters. The average molecular weight is 286 g/mol. The monoisotopic (exact) mass is 286 g/mol. The third kappa shape index (κ3) is 7.16. The minimum Gasteiger partial charge on any atom is -0.303 e. The van der Waals surface area contributed by atoms with Crippen LogP contribution in [-0.2, 0) is 18.9 Å². The third-order valence-electron chi connectivity index (χ3n) is 2.82. The lowest BCUT2D eigenvalue weighted by molar-refractivity contribution is 0.197. The Morgan fingerprint density at radius 2 is 1.82 bits per heavy atom. The van der Waals surface area contributed by atoms with Crippen molar-refractivity contribution in [1.82, 2.24) is 0 Å². The summed E-state index contributed by atoms with van der Waals surface area (Å²) in [7, 11) is -7.59. The second-order valence-corrected chi connectivity index (χ2v) is 7.91.